The molecule has 0 aromatic rings. The average Bonchev–Trinajstić information content (AvgIpc) is 2.06. The molecule has 0 aromatic carbocycles. The Morgan fingerprint density at radius 3 is 2.00 bits per heavy atom. The number of carbonyl (C=O) groups is 1. The summed E-state index contributed by atoms with van der Waals surface area (Å²) in [5.41, 5.74) is -0.0689. The van der Waals surface area contributed by atoms with Crippen LogP contribution in [0.15, 0.2) is 0 Å². The molecule has 1 saturated carbocycles. The first kappa shape index (κ1) is 9.72. The van der Waals surface area contributed by atoms with Crippen LogP contribution in [0.1, 0.15) is 39.5 Å². The average molecular weight is 170 g/mol. The topological polar surface area (TPSA) is 26.3 Å². The summed E-state index contributed by atoms with van der Waals surface area (Å²) in [5, 5.41) is 0. The van der Waals surface area contributed by atoms with Crippen molar-refractivity contribution in [3.05, 3.63) is 0 Å². The molecule has 0 radical (unpaired) electrons. The van der Waals surface area contributed by atoms with Crippen LogP contribution in [0.25, 0.3) is 0 Å². The summed E-state index contributed by atoms with van der Waals surface area (Å²) in [4.78, 5) is 10.8. The van der Waals surface area contributed by atoms with Gasteiger partial charge >= 0.3 is 0 Å². The van der Waals surface area contributed by atoms with Crippen LogP contribution in [0.3, 0.4) is 0 Å². The summed E-state index contributed by atoms with van der Waals surface area (Å²) in [6.45, 7) is 4.49. The van der Waals surface area contributed by atoms with Crippen LogP contribution in [0.5, 0.6) is 0 Å². The third-order valence-electron chi connectivity index (χ3n) is 3.07. The highest BCUT2D eigenvalue weighted by Gasteiger charge is 2.38. The van der Waals surface area contributed by atoms with Gasteiger partial charge in [-0.15, -0.1) is 0 Å². The second-order valence-electron chi connectivity index (χ2n) is 4.55. The van der Waals surface area contributed by atoms with Gasteiger partial charge in [0.2, 0.25) is 0 Å². The highest BCUT2D eigenvalue weighted by atomic mass is 16.5. The molecule has 12 heavy (non-hydrogen) atoms. The van der Waals surface area contributed by atoms with E-state index >= 15 is 0 Å². The number of aldehydes is 1. The van der Waals surface area contributed by atoms with Crippen LogP contribution in [0.2, 0.25) is 0 Å². The lowest BCUT2D eigenvalue weighted by Crippen LogP contribution is -2.40. The molecule has 0 aliphatic heterocycles. The molecule has 0 aromatic heterocycles. The van der Waals surface area contributed by atoms with E-state index < -0.39 is 5.60 Å². The first-order chi connectivity index (χ1) is 5.54. The lowest BCUT2D eigenvalue weighted by molar-refractivity contribution is -0.134. The minimum absolute atomic E-state index is 0.394. The van der Waals surface area contributed by atoms with E-state index in [-0.39, 0.29) is 0 Å². The minimum Gasteiger partial charge on any atom is -0.371 e. The molecule has 2 heteroatoms. The van der Waals surface area contributed by atoms with Crippen LogP contribution in [-0.4, -0.2) is 19.0 Å². The molecule has 0 bridgehead atoms. The summed E-state index contributed by atoms with van der Waals surface area (Å²) in [6.07, 6.45) is 4.89. The molecule has 1 rings (SSSR count). The normalized spacial score (nSPS) is 26.6. The number of hydrogen-bond donors (Lipinski definition) is 0. The number of hydrogen-bond acceptors (Lipinski definition) is 2. The Morgan fingerprint density at radius 1 is 1.17 bits per heavy atom. The molecule has 1 aliphatic rings. The Hall–Kier alpha value is -0.370. The quantitative estimate of drug-likeness (QED) is 0.594. The predicted molar refractivity (Wildman–Crippen MR) is 48.1 cm³/mol. The van der Waals surface area contributed by atoms with Gasteiger partial charge in [0.15, 0.2) is 6.29 Å². The van der Waals surface area contributed by atoms with E-state index in [4.69, 9.17) is 4.74 Å². The monoisotopic (exact) mass is 170 g/mol. The van der Waals surface area contributed by atoms with E-state index in [1.807, 2.05) is 0 Å². The van der Waals surface area contributed by atoms with Crippen molar-refractivity contribution >= 4 is 6.29 Å². The van der Waals surface area contributed by atoms with Gasteiger partial charge in [-0.1, -0.05) is 13.8 Å². The second-order valence-corrected chi connectivity index (χ2v) is 4.55. The van der Waals surface area contributed by atoms with Crippen molar-refractivity contribution < 1.29 is 9.53 Å². The van der Waals surface area contributed by atoms with E-state index in [9.17, 15) is 4.79 Å². The molecule has 2 nitrogen and oxygen atoms in total. The van der Waals surface area contributed by atoms with Gasteiger partial charge in [0.1, 0.15) is 5.60 Å². The van der Waals surface area contributed by atoms with Crippen LogP contribution in [0, 0.1) is 5.41 Å². The zero-order chi connectivity index (χ0) is 9.24. The van der Waals surface area contributed by atoms with Crippen molar-refractivity contribution in [3.8, 4) is 0 Å². The van der Waals surface area contributed by atoms with E-state index in [1.54, 1.807) is 7.11 Å². The summed E-state index contributed by atoms with van der Waals surface area (Å²) < 4.78 is 5.25. The fraction of sp³-hybridized carbons (Fsp3) is 0.900. The molecule has 0 saturated heterocycles. The molecule has 70 valence electrons. The largest absolute Gasteiger partial charge is 0.371 e. The van der Waals surface area contributed by atoms with Crippen molar-refractivity contribution in [2.75, 3.05) is 7.11 Å². The van der Waals surface area contributed by atoms with Gasteiger partial charge in [-0.05, 0) is 31.1 Å². The third-order valence-corrected chi connectivity index (χ3v) is 3.07. The molecule has 0 N–H and O–H groups in total. The van der Waals surface area contributed by atoms with Gasteiger partial charge in [-0.25, -0.2) is 0 Å². The Bertz CT molecular complexity index is 163. The molecule has 0 unspecified atom stereocenters. The first-order valence-corrected chi connectivity index (χ1v) is 4.55. The van der Waals surface area contributed by atoms with Crippen molar-refractivity contribution in [2.24, 2.45) is 5.41 Å². The summed E-state index contributed by atoms with van der Waals surface area (Å²) >= 11 is 0. The Morgan fingerprint density at radius 2 is 1.67 bits per heavy atom. The highest BCUT2D eigenvalue weighted by Crippen LogP contribution is 2.40. The molecule has 0 atom stereocenters. The van der Waals surface area contributed by atoms with E-state index in [0.29, 0.717) is 5.41 Å². The van der Waals surface area contributed by atoms with Crippen molar-refractivity contribution in [3.63, 3.8) is 0 Å². The third kappa shape index (κ3) is 1.86. The fourth-order valence-electron chi connectivity index (χ4n) is 1.72. The standard InChI is InChI=1S/C10H18O2/c1-9(2)4-6-10(8-11,12-3)7-5-9/h8H,4-7H2,1-3H3. The SMILES string of the molecule is COC1(C=O)CCC(C)(C)CC1. The molecule has 0 heterocycles. The minimum atomic E-state index is -0.463. The Labute approximate surface area is 74.3 Å². The smallest absolute Gasteiger partial charge is 0.151 e. The molecule has 0 amide bonds. The first-order valence-electron chi connectivity index (χ1n) is 4.55. The van der Waals surface area contributed by atoms with E-state index in [2.05, 4.69) is 13.8 Å². The van der Waals surface area contributed by atoms with Crippen LogP contribution in [-0.2, 0) is 9.53 Å². The molecule has 1 fully saturated rings. The highest BCUT2D eigenvalue weighted by molar-refractivity contribution is 5.62. The summed E-state index contributed by atoms with van der Waals surface area (Å²) in [7, 11) is 1.63. The number of methoxy groups -OCH3 is 1. The van der Waals surface area contributed by atoms with Crippen LogP contribution >= 0.6 is 0 Å². The molecular weight excluding hydrogens is 152 g/mol. The maximum Gasteiger partial charge on any atom is 0.151 e. The Balaban J connectivity index is 2.59. The van der Waals surface area contributed by atoms with Gasteiger partial charge in [-0.2, -0.15) is 0 Å². The zero-order valence-corrected chi connectivity index (χ0v) is 8.22. The van der Waals surface area contributed by atoms with Crippen LogP contribution in [0.4, 0.5) is 0 Å². The van der Waals surface area contributed by atoms with Gasteiger partial charge in [0, 0.05) is 7.11 Å². The second kappa shape index (κ2) is 3.17. The molecular formula is C10H18O2. The summed E-state index contributed by atoms with van der Waals surface area (Å²) in [5.74, 6) is 0. The van der Waals surface area contributed by atoms with Crippen molar-refractivity contribution in [2.45, 2.75) is 45.1 Å². The predicted octanol–water partition coefficient (Wildman–Crippen LogP) is 2.17. The van der Waals surface area contributed by atoms with Gasteiger partial charge in [0.05, 0.1) is 0 Å². The number of ether oxygens (including phenoxy) is 1. The van der Waals surface area contributed by atoms with Gasteiger partial charge in [-0.3, -0.25) is 0 Å². The molecule has 0 spiro atoms. The van der Waals surface area contributed by atoms with Crippen molar-refractivity contribution in [1.29, 1.82) is 0 Å². The lowest BCUT2D eigenvalue weighted by atomic mass is 9.71. The number of rotatable bonds is 2. The molecule has 1 aliphatic carbocycles. The maximum absolute atomic E-state index is 10.8. The summed E-state index contributed by atoms with van der Waals surface area (Å²) in [6, 6.07) is 0. The number of carbonyl (C=O) groups excluding carboxylic acids is 1. The zero-order valence-electron chi connectivity index (χ0n) is 8.22. The van der Waals surface area contributed by atoms with Gasteiger partial charge < -0.3 is 9.53 Å². The lowest BCUT2D eigenvalue weighted by Gasteiger charge is -2.39. The fourth-order valence-corrected chi connectivity index (χ4v) is 1.72. The Kier molecular flexibility index (Phi) is 2.57. The van der Waals surface area contributed by atoms with Crippen molar-refractivity contribution in [1.82, 2.24) is 0 Å². The van der Waals surface area contributed by atoms with Crippen LogP contribution < -0.4 is 0 Å². The van der Waals surface area contributed by atoms with Gasteiger partial charge in [0.25, 0.3) is 0 Å². The van der Waals surface area contributed by atoms with E-state index in [0.717, 1.165) is 32.0 Å². The van der Waals surface area contributed by atoms with E-state index in [1.165, 1.54) is 0 Å². The maximum atomic E-state index is 10.8.